The molecule has 2 nitrogen and oxygen atoms in total. The maximum Gasteiger partial charge on any atom is 0.416 e. The van der Waals surface area contributed by atoms with Gasteiger partial charge in [-0.1, -0.05) is 36.0 Å². The highest BCUT2D eigenvalue weighted by Crippen LogP contribution is 2.47. The molecule has 2 aliphatic heterocycles. The van der Waals surface area contributed by atoms with Crippen LogP contribution in [0.4, 0.5) is 13.2 Å². The van der Waals surface area contributed by atoms with Crippen molar-refractivity contribution in [3.05, 3.63) is 65.2 Å². The van der Waals surface area contributed by atoms with Gasteiger partial charge >= 0.3 is 6.18 Å². The Hall–Kier alpha value is -1.76. The third kappa shape index (κ3) is 4.08. The Morgan fingerprint density at radius 1 is 1.00 bits per heavy atom. The summed E-state index contributed by atoms with van der Waals surface area (Å²) in [6.45, 7) is 4.95. The molecule has 0 saturated carbocycles. The Morgan fingerprint density at radius 3 is 2.52 bits per heavy atom. The van der Waals surface area contributed by atoms with Crippen LogP contribution in [0.1, 0.15) is 23.1 Å². The molecule has 0 aromatic heterocycles. The van der Waals surface area contributed by atoms with E-state index in [0.717, 1.165) is 60.1 Å². The van der Waals surface area contributed by atoms with Crippen LogP contribution in [0, 0.1) is 0 Å². The fourth-order valence-corrected chi connectivity index (χ4v) is 4.68. The molecule has 0 atom stereocenters. The highest BCUT2D eigenvalue weighted by molar-refractivity contribution is 7.99. The number of rotatable bonds is 3. The summed E-state index contributed by atoms with van der Waals surface area (Å²) >= 11 is 1.54. The summed E-state index contributed by atoms with van der Waals surface area (Å²) in [7, 11) is 0. The summed E-state index contributed by atoms with van der Waals surface area (Å²) in [5, 5.41) is 3.33. The number of benzene rings is 2. The maximum absolute atomic E-state index is 13.2. The average Bonchev–Trinajstić information content (AvgIpc) is 2.67. The second kappa shape index (κ2) is 7.70. The first-order valence-electron chi connectivity index (χ1n) is 9.14. The summed E-state index contributed by atoms with van der Waals surface area (Å²) in [6.07, 6.45) is -1.40. The molecule has 0 aliphatic carbocycles. The molecule has 0 amide bonds. The predicted molar refractivity (Wildman–Crippen MR) is 103 cm³/mol. The second-order valence-corrected chi connectivity index (χ2v) is 7.89. The first-order valence-corrected chi connectivity index (χ1v) is 9.96. The Balaban J connectivity index is 1.67. The normalized spacial score (nSPS) is 19.0. The van der Waals surface area contributed by atoms with Gasteiger partial charge in [0.05, 0.1) is 5.56 Å². The molecule has 0 unspecified atom stereocenters. The standard InChI is InChI=1S/C21H21F3N2S/c22-21(23,24)15-7-8-20-18(14-15)16(17-4-1-2-6-19(17)27-20)5-3-11-26-12-9-25-10-13-26/h1-2,4-8,14,25H,3,9-13H2. The number of hydrogen-bond donors (Lipinski definition) is 1. The van der Waals surface area contributed by atoms with Crippen molar-refractivity contribution in [1.82, 2.24) is 10.2 Å². The monoisotopic (exact) mass is 390 g/mol. The topological polar surface area (TPSA) is 15.3 Å². The molecule has 2 aromatic rings. The van der Waals surface area contributed by atoms with Gasteiger partial charge in [-0.15, -0.1) is 0 Å². The van der Waals surface area contributed by atoms with Crippen molar-refractivity contribution in [3.8, 4) is 0 Å². The van der Waals surface area contributed by atoms with Crippen LogP contribution in [0.3, 0.4) is 0 Å². The number of halogens is 3. The number of nitrogens with one attached hydrogen (secondary N) is 1. The fraction of sp³-hybridized carbons (Fsp3) is 0.333. The van der Waals surface area contributed by atoms with Crippen molar-refractivity contribution >= 4 is 17.3 Å². The highest BCUT2D eigenvalue weighted by Gasteiger charge is 2.32. The summed E-state index contributed by atoms with van der Waals surface area (Å²) < 4.78 is 39.7. The minimum Gasteiger partial charge on any atom is -0.314 e. The molecule has 2 heterocycles. The van der Waals surface area contributed by atoms with Crippen molar-refractivity contribution in [2.24, 2.45) is 0 Å². The summed E-state index contributed by atoms with van der Waals surface area (Å²) in [6, 6.07) is 12.0. The van der Waals surface area contributed by atoms with E-state index in [-0.39, 0.29) is 0 Å². The SMILES string of the molecule is FC(F)(F)c1ccc2c(c1)C(=CCCN1CCNCC1)c1ccccc1S2. The first-order chi connectivity index (χ1) is 13.0. The van der Waals surface area contributed by atoms with Gasteiger partial charge in [0.15, 0.2) is 0 Å². The molecule has 1 saturated heterocycles. The minimum absolute atomic E-state index is 0.589. The van der Waals surface area contributed by atoms with Gasteiger partial charge in [0, 0.05) is 42.5 Å². The van der Waals surface area contributed by atoms with Crippen LogP contribution in [-0.2, 0) is 6.18 Å². The zero-order valence-electron chi connectivity index (χ0n) is 14.9. The number of piperazine rings is 1. The van der Waals surface area contributed by atoms with Crippen molar-refractivity contribution < 1.29 is 13.2 Å². The zero-order chi connectivity index (χ0) is 18.9. The molecule has 0 spiro atoms. The molecule has 0 bridgehead atoms. The molecule has 27 heavy (non-hydrogen) atoms. The lowest BCUT2D eigenvalue weighted by Gasteiger charge is -2.27. The van der Waals surface area contributed by atoms with Gasteiger partial charge < -0.3 is 10.2 Å². The molecule has 2 aromatic carbocycles. The van der Waals surface area contributed by atoms with Gasteiger partial charge in [-0.25, -0.2) is 0 Å². The average molecular weight is 390 g/mol. The molecule has 1 N–H and O–H groups in total. The maximum atomic E-state index is 13.2. The quantitative estimate of drug-likeness (QED) is 0.685. The molecular weight excluding hydrogens is 369 g/mol. The molecule has 2 aliphatic rings. The molecule has 1 fully saturated rings. The van der Waals surface area contributed by atoms with Crippen LogP contribution in [0.2, 0.25) is 0 Å². The summed E-state index contributed by atoms with van der Waals surface area (Å²) in [4.78, 5) is 4.37. The molecule has 0 radical (unpaired) electrons. The van der Waals surface area contributed by atoms with E-state index in [9.17, 15) is 13.2 Å². The molecule has 6 heteroatoms. The predicted octanol–water partition coefficient (Wildman–Crippen LogP) is 4.90. The van der Waals surface area contributed by atoms with Crippen molar-refractivity contribution in [1.29, 1.82) is 0 Å². The number of fused-ring (bicyclic) bond motifs is 2. The van der Waals surface area contributed by atoms with E-state index < -0.39 is 11.7 Å². The van der Waals surface area contributed by atoms with Gasteiger partial charge in [-0.2, -0.15) is 13.2 Å². The second-order valence-electron chi connectivity index (χ2n) is 6.81. The largest absolute Gasteiger partial charge is 0.416 e. The van der Waals surface area contributed by atoms with Crippen LogP contribution in [0.25, 0.3) is 5.57 Å². The van der Waals surface area contributed by atoms with Gasteiger partial charge in [0.2, 0.25) is 0 Å². The van der Waals surface area contributed by atoms with E-state index in [4.69, 9.17) is 0 Å². The van der Waals surface area contributed by atoms with Crippen molar-refractivity contribution in [3.63, 3.8) is 0 Å². The number of alkyl halides is 3. The highest BCUT2D eigenvalue weighted by atomic mass is 32.2. The van der Waals surface area contributed by atoms with Gasteiger partial charge in [0.25, 0.3) is 0 Å². The Labute approximate surface area is 161 Å². The zero-order valence-corrected chi connectivity index (χ0v) is 15.7. The van der Waals surface area contributed by atoms with Crippen LogP contribution in [0.15, 0.2) is 58.3 Å². The van der Waals surface area contributed by atoms with Crippen LogP contribution in [-0.4, -0.2) is 37.6 Å². The Kier molecular flexibility index (Phi) is 5.30. The lowest BCUT2D eigenvalue weighted by Crippen LogP contribution is -2.43. The third-order valence-electron chi connectivity index (χ3n) is 5.00. The van der Waals surface area contributed by atoms with Crippen molar-refractivity contribution in [2.45, 2.75) is 22.4 Å². The van der Waals surface area contributed by atoms with Crippen LogP contribution >= 0.6 is 11.8 Å². The van der Waals surface area contributed by atoms with E-state index in [2.05, 4.69) is 16.3 Å². The van der Waals surface area contributed by atoms with Gasteiger partial charge in [-0.3, -0.25) is 0 Å². The molecule has 4 rings (SSSR count). The smallest absolute Gasteiger partial charge is 0.314 e. The van der Waals surface area contributed by atoms with E-state index >= 15 is 0 Å². The summed E-state index contributed by atoms with van der Waals surface area (Å²) in [5.41, 5.74) is 2.04. The Bertz CT molecular complexity index is 855. The van der Waals surface area contributed by atoms with Crippen LogP contribution < -0.4 is 5.32 Å². The fourth-order valence-electron chi connectivity index (χ4n) is 3.59. The van der Waals surface area contributed by atoms with Crippen molar-refractivity contribution in [2.75, 3.05) is 32.7 Å². The number of nitrogens with zero attached hydrogens (tertiary/aromatic N) is 1. The lowest BCUT2D eigenvalue weighted by molar-refractivity contribution is -0.137. The third-order valence-corrected chi connectivity index (χ3v) is 6.15. The summed E-state index contributed by atoms with van der Waals surface area (Å²) in [5.74, 6) is 0. The number of hydrogen-bond acceptors (Lipinski definition) is 3. The Morgan fingerprint density at radius 2 is 1.74 bits per heavy atom. The van der Waals surface area contributed by atoms with E-state index in [1.165, 1.54) is 12.1 Å². The first kappa shape index (κ1) is 18.6. The minimum atomic E-state index is -4.33. The van der Waals surface area contributed by atoms with Gasteiger partial charge in [-0.05, 0) is 47.4 Å². The van der Waals surface area contributed by atoms with E-state index in [1.807, 2.05) is 24.3 Å². The molecular formula is C21H21F3N2S. The van der Waals surface area contributed by atoms with Crippen LogP contribution in [0.5, 0.6) is 0 Å². The van der Waals surface area contributed by atoms with Gasteiger partial charge in [0.1, 0.15) is 0 Å². The van der Waals surface area contributed by atoms with E-state index in [0.29, 0.717) is 5.56 Å². The van der Waals surface area contributed by atoms with E-state index in [1.54, 1.807) is 17.8 Å². The lowest BCUT2D eigenvalue weighted by atomic mass is 9.94. The molecule has 142 valence electrons.